The second-order valence-corrected chi connectivity index (χ2v) is 6.48. The van der Waals surface area contributed by atoms with Crippen LogP contribution in [-0.4, -0.2) is 14.9 Å². The molecular formula is C13H15ClN4S. The molecule has 100 valence electrons. The lowest BCUT2D eigenvalue weighted by Crippen LogP contribution is -2.13. The van der Waals surface area contributed by atoms with Gasteiger partial charge in [-0.3, -0.25) is 0 Å². The van der Waals surface area contributed by atoms with Crippen LogP contribution in [-0.2, 0) is 0 Å². The average molecular weight is 295 g/mol. The predicted molar refractivity (Wildman–Crippen MR) is 77.9 cm³/mol. The van der Waals surface area contributed by atoms with Gasteiger partial charge in [0.25, 0.3) is 0 Å². The zero-order valence-corrected chi connectivity index (χ0v) is 12.2. The number of nitrogen functional groups attached to an aromatic ring is 1. The number of thioether (sulfide) groups is 1. The Bertz CT molecular complexity index is 594. The molecule has 1 aliphatic rings. The van der Waals surface area contributed by atoms with E-state index in [4.69, 9.17) is 17.4 Å². The molecule has 1 atom stereocenters. The summed E-state index contributed by atoms with van der Waals surface area (Å²) in [5.41, 5.74) is 1.09. The van der Waals surface area contributed by atoms with Crippen LogP contribution in [0, 0.1) is 0 Å². The third kappa shape index (κ3) is 2.58. The second-order valence-electron chi connectivity index (χ2n) is 4.77. The molecule has 1 aliphatic carbocycles. The van der Waals surface area contributed by atoms with E-state index in [0.717, 1.165) is 21.6 Å². The summed E-state index contributed by atoms with van der Waals surface area (Å²) in [6, 6.07) is 7.84. The first-order valence-electron chi connectivity index (χ1n) is 6.28. The van der Waals surface area contributed by atoms with Gasteiger partial charge in [-0.15, -0.1) is 10.2 Å². The molecule has 0 bridgehead atoms. The maximum Gasteiger partial charge on any atom is 0.210 e. The molecule has 2 aromatic rings. The number of nitrogens with zero attached hydrogens (tertiary/aromatic N) is 3. The smallest absolute Gasteiger partial charge is 0.210 e. The molecule has 4 nitrogen and oxygen atoms in total. The van der Waals surface area contributed by atoms with Crippen molar-refractivity contribution in [1.82, 2.24) is 14.9 Å². The standard InChI is InChI=1S/C13H15ClN4S/c1-8(10-4-2-3-5-11(10)14)19-13-17-16-12(18(13)15)9-6-7-9/h2-5,8-9H,6-7,15H2,1H3/t8-/m0/s1. The van der Waals surface area contributed by atoms with E-state index in [1.54, 1.807) is 16.4 Å². The van der Waals surface area contributed by atoms with Crippen molar-refractivity contribution in [3.05, 3.63) is 40.7 Å². The molecule has 0 radical (unpaired) electrons. The fraction of sp³-hybridized carbons (Fsp3) is 0.385. The van der Waals surface area contributed by atoms with Crippen LogP contribution in [0.2, 0.25) is 5.02 Å². The predicted octanol–water partition coefficient (Wildman–Crippen LogP) is 3.38. The van der Waals surface area contributed by atoms with Gasteiger partial charge >= 0.3 is 0 Å². The average Bonchev–Trinajstić information content (AvgIpc) is 3.17. The van der Waals surface area contributed by atoms with Crippen LogP contribution in [0.25, 0.3) is 0 Å². The summed E-state index contributed by atoms with van der Waals surface area (Å²) in [5, 5.41) is 10.1. The summed E-state index contributed by atoms with van der Waals surface area (Å²) in [6.07, 6.45) is 2.33. The first-order chi connectivity index (χ1) is 9.16. The first-order valence-corrected chi connectivity index (χ1v) is 7.54. The topological polar surface area (TPSA) is 56.7 Å². The molecule has 1 aromatic heterocycles. The van der Waals surface area contributed by atoms with Crippen LogP contribution in [0.3, 0.4) is 0 Å². The number of benzene rings is 1. The summed E-state index contributed by atoms with van der Waals surface area (Å²) in [7, 11) is 0. The highest BCUT2D eigenvalue weighted by molar-refractivity contribution is 7.99. The summed E-state index contributed by atoms with van der Waals surface area (Å²) >= 11 is 7.79. The Morgan fingerprint density at radius 3 is 2.79 bits per heavy atom. The highest BCUT2D eigenvalue weighted by Gasteiger charge is 2.30. The largest absolute Gasteiger partial charge is 0.336 e. The molecule has 6 heteroatoms. The van der Waals surface area contributed by atoms with Gasteiger partial charge in [0.15, 0.2) is 5.82 Å². The maximum absolute atomic E-state index is 6.20. The van der Waals surface area contributed by atoms with Crippen LogP contribution in [0.1, 0.15) is 42.3 Å². The van der Waals surface area contributed by atoms with E-state index >= 15 is 0 Å². The van der Waals surface area contributed by atoms with Crippen molar-refractivity contribution in [2.24, 2.45) is 0 Å². The lowest BCUT2D eigenvalue weighted by atomic mass is 10.2. The van der Waals surface area contributed by atoms with Gasteiger partial charge in [0, 0.05) is 16.2 Å². The molecule has 1 aromatic carbocycles. The zero-order valence-electron chi connectivity index (χ0n) is 10.6. The van der Waals surface area contributed by atoms with Gasteiger partial charge < -0.3 is 5.84 Å². The minimum Gasteiger partial charge on any atom is -0.336 e. The van der Waals surface area contributed by atoms with Crippen molar-refractivity contribution >= 4 is 23.4 Å². The number of aromatic nitrogens is 3. The number of hydrogen-bond acceptors (Lipinski definition) is 4. The Hall–Kier alpha value is -1.20. The van der Waals surface area contributed by atoms with E-state index in [2.05, 4.69) is 17.1 Å². The summed E-state index contributed by atoms with van der Waals surface area (Å²) in [4.78, 5) is 0. The Morgan fingerprint density at radius 2 is 2.11 bits per heavy atom. The van der Waals surface area contributed by atoms with Crippen molar-refractivity contribution < 1.29 is 0 Å². The molecule has 0 unspecified atom stereocenters. The van der Waals surface area contributed by atoms with E-state index in [9.17, 15) is 0 Å². The molecular weight excluding hydrogens is 280 g/mol. The quantitative estimate of drug-likeness (QED) is 0.694. The molecule has 0 saturated heterocycles. The molecule has 3 rings (SSSR count). The van der Waals surface area contributed by atoms with Gasteiger partial charge in [-0.1, -0.05) is 41.6 Å². The van der Waals surface area contributed by atoms with Crippen molar-refractivity contribution in [2.75, 3.05) is 5.84 Å². The van der Waals surface area contributed by atoms with Gasteiger partial charge in [0.2, 0.25) is 5.16 Å². The second kappa shape index (κ2) is 5.06. The van der Waals surface area contributed by atoms with Crippen LogP contribution >= 0.6 is 23.4 Å². The monoisotopic (exact) mass is 294 g/mol. The highest BCUT2D eigenvalue weighted by Crippen LogP contribution is 2.41. The minimum absolute atomic E-state index is 0.187. The number of halogens is 1. The zero-order chi connectivity index (χ0) is 13.4. The third-order valence-corrected chi connectivity index (χ3v) is 4.70. The molecule has 19 heavy (non-hydrogen) atoms. The minimum atomic E-state index is 0.187. The summed E-state index contributed by atoms with van der Waals surface area (Å²) in [6.45, 7) is 2.09. The maximum atomic E-state index is 6.20. The third-order valence-electron chi connectivity index (χ3n) is 3.26. The Morgan fingerprint density at radius 1 is 1.37 bits per heavy atom. The number of nitrogens with two attached hydrogens (primary N) is 1. The van der Waals surface area contributed by atoms with E-state index in [0.29, 0.717) is 5.92 Å². The van der Waals surface area contributed by atoms with E-state index < -0.39 is 0 Å². The summed E-state index contributed by atoms with van der Waals surface area (Å²) < 4.78 is 1.62. The van der Waals surface area contributed by atoms with Gasteiger partial charge in [0.05, 0.1) is 0 Å². The van der Waals surface area contributed by atoms with Gasteiger partial charge in [-0.2, -0.15) is 0 Å². The Balaban J connectivity index is 1.79. The lowest BCUT2D eigenvalue weighted by molar-refractivity contribution is 0.787. The fourth-order valence-corrected chi connectivity index (χ4v) is 3.32. The molecule has 2 N–H and O–H groups in total. The van der Waals surface area contributed by atoms with E-state index in [-0.39, 0.29) is 5.25 Å². The van der Waals surface area contributed by atoms with Crippen molar-refractivity contribution in [1.29, 1.82) is 0 Å². The Kier molecular flexibility index (Phi) is 3.41. The number of hydrogen-bond donors (Lipinski definition) is 1. The normalized spacial score (nSPS) is 16.5. The van der Waals surface area contributed by atoms with Gasteiger partial charge in [0.1, 0.15) is 0 Å². The fourth-order valence-electron chi connectivity index (χ4n) is 2.01. The van der Waals surface area contributed by atoms with Crippen molar-refractivity contribution in [3.8, 4) is 0 Å². The van der Waals surface area contributed by atoms with Crippen LogP contribution in [0.15, 0.2) is 29.4 Å². The van der Waals surface area contributed by atoms with Crippen LogP contribution < -0.4 is 5.84 Å². The molecule has 0 spiro atoms. The van der Waals surface area contributed by atoms with Gasteiger partial charge in [-0.25, -0.2) is 4.68 Å². The molecule has 1 fully saturated rings. The van der Waals surface area contributed by atoms with Crippen molar-refractivity contribution in [2.45, 2.75) is 36.1 Å². The molecule has 0 amide bonds. The molecule has 0 aliphatic heterocycles. The first kappa shape index (κ1) is 12.8. The molecule has 1 saturated carbocycles. The summed E-state index contributed by atoms with van der Waals surface area (Å²) in [5.74, 6) is 7.45. The Labute approximate surface area is 121 Å². The van der Waals surface area contributed by atoms with Crippen LogP contribution in [0.5, 0.6) is 0 Å². The van der Waals surface area contributed by atoms with Crippen molar-refractivity contribution in [3.63, 3.8) is 0 Å². The lowest BCUT2D eigenvalue weighted by Gasteiger charge is -2.12. The molecule has 1 heterocycles. The van der Waals surface area contributed by atoms with Gasteiger partial charge in [-0.05, 0) is 31.4 Å². The number of rotatable bonds is 4. The van der Waals surface area contributed by atoms with Crippen LogP contribution in [0.4, 0.5) is 0 Å². The highest BCUT2D eigenvalue weighted by atomic mass is 35.5. The van der Waals surface area contributed by atoms with E-state index in [1.165, 1.54) is 12.8 Å². The van der Waals surface area contributed by atoms with E-state index in [1.807, 2.05) is 24.3 Å². The SMILES string of the molecule is C[C@H](Sc1nnc(C2CC2)n1N)c1ccccc1Cl.